The second-order valence-corrected chi connectivity index (χ2v) is 12.1. The second-order valence-electron chi connectivity index (χ2n) is 12.1. The Kier molecular flexibility index (Phi) is 12.0. The fourth-order valence-electron chi connectivity index (χ4n) is 6.19. The molecule has 0 bridgehead atoms. The molecule has 1 amide bonds. The first-order valence-corrected chi connectivity index (χ1v) is 17.5. The van der Waals surface area contributed by atoms with Gasteiger partial charge in [-0.05, 0) is 41.8 Å². The maximum atomic E-state index is 12.9. The van der Waals surface area contributed by atoms with Gasteiger partial charge in [0.05, 0.1) is 72.4 Å². The second kappa shape index (κ2) is 17.4. The zero-order valence-electron chi connectivity index (χ0n) is 31.8. The lowest BCUT2D eigenvalue weighted by Gasteiger charge is -2.23. The van der Waals surface area contributed by atoms with Crippen LogP contribution in [0.3, 0.4) is 0 Å². The molecule has 0 fully saturated rings. The van der Waals surface area contributed by atoms with Gasteiger partial charge >= 0.3 is 6.09 Å². The number of methoxy groups -OCH3 is 6. The van der Waals surface area contributed by atoms with Crippen molar-refractivity contribution in [2.45, 2.75) is 19.4 Å². The van der Waals surface area contributed by atoms with Crippen molar-refractivity contribution in [3.63, 3.8) is 0 Å². The fourth-order valence-corrected chi connectivity index (χ4v) is 6.19. The molecule has 284 valence electrons. The Labute approximate surface area is 319 Å². The average Bonchev–Trinajstić information content (AvgIpc) is 3.23. The molecule has 13 heteroatoms. The van der Waals surface area contributed by atoms with Crippen molar-refractivity contribution in [2.24, 2.45) is 0 Å². The van der Waals surface area contributed by atoms with Gasteiger partial charge in [0.1, 0.15) is 11.3 Å². The van der Waals surface area contributed by atoms with Crippen molar-refractivity contribution in [2.75, 3.05) is 59.9 Å². The number of hydrogen-bond acceptors (Lipinski definition) is 12. The van der Waals surface area contributed by atoms with Crippen LogP contribution >= 0.6 is 0 Å². The summed E-state index contributed by atoms with van der Waals surface area (Å²) in [7, 11) is 9.25. The number of ether oxygens (including phenoxy) is 7. The van der Waals surface area contributed by atoms with E-state index in [9.17, 15) is 4.79 Å². The van der Waals surface area contributed by atoms with Gasteiger partial charge in [-0.2, -0.15) is 0 Å². The van der Waals surface area contributed by atoms with Crippen LogP contribution in [0.2, 0.25) is 0 Å². The topological polar surface area (TPSA) is 144 Å². The molecular formula is C42H43N5O8. The number of aromatic nitrogens is 3. The molecule has 0 unspecified atom stereocenters. The molecule has 0 atom stereocenters. The SMILES string of the molecule is CCCOC(=O)Nc1cc(NC(c2ccccc2)c2ccccc2)c2nc(-c3cc(OC)c(OC)c(OC)c3)c(-c3cc(OC)c(OC)c(OC)c3)nc2n1. The number of hydrogen-bond donors (Lipinski definition) is 2. The van der Waals surface area contributed by atoms with E-state index in [0.29, 0.717) is 74.6 Å². The molecular weight excluding hydrogens is 702 g/mol. The number of nitrogens with zero attached hydrogens (tertiary/aromatic N) is 3. The molecule has 2 heterocycles. The Morgan fingerprint density at radius 3 is 1.53 bits per heavy atom. The van der Waals surface area contributed by atoms with E-state index in [1.54, 1.807) is 51.7 Å². The van der Waals surface area contributed by atoms with Crippen LogP contribution in [0.4, 0.5) is 16.3 Å². The minimum absolute atomic E-state index is 0.210. The van der Waals surface area contributed by atoms with E-state index >= 15 is 0 Å². The van der Waals surface area contributed by atoms with Gasteiger partial charge in [-0.15, -0.1) is 0 Å². The predicted molar refractivity (Wildman–Crippen MR) is 211 cm³/mol. The summed E-state index contributed by atoms with van der Waals surface area (Å²) in [6.45, 7) is 2.17. The van der Waals surface area contributed by atoms with Gasteiger partial charge in [0, 0.05) is 17.2 Å². The van der Waals surface area contributed by atoms with E-state index in [-0.39, 0.29) is 24.1 Å². The van der Waals surface area contributed by atoms with Crippen LogP contribution in [0.25, 0.3) is 33.7 Å². The summed E-state index contributed by atoms with van der Waals surface area (Å²) in [5.74, 6) is 2.70. The molecule has 0 saturated carbocycles. The molecule has 2 aromatic heterocycles. The molecule has 0 aliphatic heterocycles. The van der Waals surface area contributed by atoms with Crippen LogP contribution in [0, 0.1) is 0 Å². The highest BCUT2D eigenvalue weighted by atomic mass is 16.6. The molecule has 2 N–H and O–H groups in total. The Hall–Kier alpha value is -6.76. The largest absolute Gasteiger partial charge is 0.493 e. The van der Waals surface area contributed by atoms with Crippen molar-refractivity contribution in [1.82, 2.24) is 15.0 Å². The maximum Gasteiger partial charge on any atom is 0.412 e. The zero-order valence-corrected chi connectivity index (χ0v) is 31.8. The number of anilines is 2. The van der Waals surface area contributed by atoms with Gasteiger partial charge in [0.25, 0.3) is 0 Å². The lowest BCUT2D eigenvalue weighted by atomic mass is 9.98. The summed E-state index contributed by atoms with van der Waals surface area (Å²) in [5.41, 5.74) is 5.25. The summed E-state index contributed by atoms with van der Waals surface area (Å²) in [4.78, 5) is 28.1. The summed E-state index contributed by atoms with van der Waals surface area (Å²) in [5, 5.41) is 6.48. The third-order valence-electron chi connectivity index (χ3n) is 8.75. The zero-order chi connectivity index (χ0) is 38.9. The summed E-state index contributed by atoms with van der Waals surface area (Å²) < 4.78 is 39.5. The van der Waals surface area contributed by atoms with E-state index in [4.69, 9.17) is 48.1 Å². The van der Waals surface area contributed by atoms with Gasteiger partial charge in [-0.25, -0.2) is 19.7 Å². The fraction of sp³-hybridized carbons (Fsp3) is 0.238. The van der Waals surface area contributed by atoms with Crippen molar-refractivity contribution in [3.05, 3.63) is 102 Å². The van der Waals surface area contributed by atoms with E-state index in [2.05, 4.69) is 10.6 Å². The van der Waals surface area contributed by atoms with Gasteiger partial charge in [0.15, 0.2) is 28.6 Å². The number of carbonyl (C=O) groups excluding carboxylic acids is 1. The Morgan fingerprint density at radius 2 is 1.09 bits per heavy atom. The number of carbonyl (C=O) groups is 1. The average molecular weight is 746 g/mol. The van der Waals surface area contributed by atoms with Crippen molar-refractivity contribution >= 4 is 28.8 Å². The smallest absolute Gasteiger partial charge is 0.412 e. The van der Waals surface area contributed by atoms with E-state index < -0.39 is 6.09 Å². The van der Waals surface area contributed by atoms with Gasteiger partial charge in [-0.3, -0.25) is 5.32 Å². The highest BCUT2D eigenvalue weighted by Gasteiger charge is 2.25. The minimum atomic E-state index is -0.644. The molecule has 0 aliphatic rings. The van der Waals surface area contributed by atoms with Crippen molar-refractivity contribution in [3.8, 4) is 57.0 Å². The van der Waals surface area contributed by atoms with Gasteiger partial charge < -0.3 is 38.5 Å². The quantitative estimate of drug-likeness (QED) is 0.104. The highest BCUT2D eigenvalue weighted by molar-refractivity contribution is 5.95. The maximum absolute atomic E-state index is 12.9. The summed E-state index contributed by atoms with van der Waals surface area (Å²) >= 11 is 0. The van der Waals surface area contributed by atoms with Gasteiger partial charge in [0.2, 0.25) is 11.5 Å². The lowest BCUT2D eigenvalue weighted by molar-refractivity contribution is 0.161. The number of rotatable bonds is 15. The summed E-state index contributed by atoms with van der Waals surface area (Å²) in [6, 6.07) is 28.6. The number of amides is 1. The number of nitrogens with one attached hydrogen (secondary N) is 2. The van der Waals surface area contributed by atoms with Crippen molar-refractivity contribution in [1.29, 1.82) is 0 Å². The normalized spacial score (nSPS) is 10.8. The van der Waals surface area contributed by atoms with Gasteiger partial charge in [-0.1, -0.05) is 67.6 Å². The van der Waals surface area contributed by atoms with Crippen molar-refractivity contribution < 1.29 is 38.0 Å². The molecule has 0 saturated heterocycles. The number of pyridine rings is 1. The summed E-state index contributed by atoms with van der Waals surface area (Å²) in [6.07, 6.45) is 0.0170. The molecule has 13 nitrogen and oxygen atoms in total. The highest BCUT2D eigenvalue weighted by Crippen LogP contribution is 2.46. The Balaban J connectivity index is 1.67. The van der Waals surface area contributed by atoms with E-state index in [0.717, 1.165) is 11.1 Å². The molecule has 0 radical (unpaired) electrons. The first-order valence-electron chi connectivity index (χ1n) is 17.5. The number of benzene rings is 4. The molecule has 0 aliphatic carbocycles. The van der Waals surface area contributed by atoms with Crippen LogP contribution in [0.15, 0.2) is 91.0 Å². The number of fused-ring (bicyclic) bond motifs is 1. The monoisotopic (exact) mass is 745 g/mol. The first kappa shape index (κ1) is 38.0. The first-order chi connectivity index (χ1) is 26.8. The predicted octanol–water partition coefficient (Wildman–Crippen LogP) is 8.57. The van der Waals surface area contributed by atoms with Crippen LogP contribution in [0.1, 0.15) is 30.5 Å². The standard InChI is InChI=1S/C42H43N5O8/c1-8-19-55-42(48)45-34-24-29(43-35(25-15-11-9-12-16-25)26-17-13-10-14-18-26)38-41(44-34)47-37(28-22-32(51-4)40(54-7)33(23-28)52-5)36(46-38)27-20-30(49-2)39(53-6)31(21-27)50-3/h9-18,20-24,35H,8,19H2,1-7H3,(H2,43,44,45,47,48). The Bertz CT molecular complexity index is 2180. The van der Waals surface area contributed by atoms with Crippen LogP contribution in [0.5, 0.6) is 34.5 Å². The molecule has 4 aromatic carbocycles. The lowest BCUT2D eigenvalue weighted by Crippen LogP contribution is -2.17. The third-order valence-corrected chi connectivity index (χ3v) is 8.75. The molecule has 6 rings (SSSR count). The molecule has 6 aromatic rings. The van der Waals surface area contributed by atoms with Crippen LogP contribution < -0.4 is 39.1 Å². The Morgan fingerprint density at radius 1 is 0.618 bits per heavy atom. The molecule has 55 heavy (non-hydrogen) atoms. The third kappa shape index (κ3) is 8.10. The van der Waals surface area contributed by atoms with E-state index in [1.807, 2.05) is 67.6 Å². The minimum Gasteiger partial charge on any atom is -0.493 e. The van der Waals surface area contributed by atoms with Crippen LogP contribution in [-0.2, 0) is 4.74 Å². The van der Waals surface area contributed by atoms with Crippen LogP contribution in [-0.4, -0.2) is 70.3 Å². The van der Waals surface area contributed by atoms with E-state index in [1.165, 1.54) is 21.3 Å². The molecule has 0 spiro atoms.